The minimum absolute atomic E-state index is 0.0390. The number of fused-ring (bicyclic) bond motifs is 1. The lowest BCUT2D eigenvalue weighted by Gasteiger charge is -2.49. The van der Waals surface area contributed by atoms with Gasteiger partial charge in [-0.05, 0) is 11.6 Å². The molecule has 15 heteroatoms. The van der Waals surface area contributed by atoms with E-state index >= 15 is 0 Å². The number of carboxylic acids is 1. The maximum Gasteiger partial charge on any atom is 0.352 e. The lowest BCUT2D eigenvalue weighted by molar-refractivity contribution is -0.884. The fraction of sp³-hybridized carbons (Fsp3) is 0.474. The first-order valence-corrected chi connectivity index (χ1v) is 11.9. The van der Waals surface area contributed by atoms with Crippen LogP contribution in [0.15, 0.2) is 28.6 Å². The van der Waals surface area contributed by atoms with Gasteiger partial charge < -0.3 is 30.6 Å². The number of likely N-dealkylation sites (N-methyl/N-ethyl adjacent to an activating group) is 1. The van der Waals surface area contributed by atoms with Crippen molar-refractivity contribution in [3.63, 3.8) is 0 Å². The smallest absolute Gasteiger partial charge is 0.352 e. The number of carboxylic acid groups (broad SMARTS) is 1. The van der Waals surface area contributed by atoms with Crippen LogP contribution in [0.4, 0.5) is 5.13 Å². The minimum Gasteiger partial charge on any atom is -0.477 e. The van der Waals surface area contributed by atoms with Gasteiger partial charge in [0.15, 0.2) is 5.13 Å². The Morgan fingerprint density at radius 3 is 2.76 bits per heavy atom. The highest BCUT2D eigenvalue weighted by Gasteiger charge is 2.54. The molecule has 2 atom stereocenters. The van der Waals surface area contributed by atoms with E-state index in [1.807, 2.05) is 20.2 Å². The SMILES string of the molecule is CO/N=C(\C(=O)N[C@@H]1C(=O)N2C(C(=O)O)=C(/C=C/C[N+](C)(C)CCO)CS[C@H]12)c1nsc(N)n1. The minimum atomic E-state index is -1.23. The van der Waals surface area contributed by atoms with Gasteiger partial charge in [0.05, 0.1) is 27.2 Å². The van der Waals surface area contributed by atoms with Crippen LogP contribution in [0.1, 0.15) is 5.82 Å². The summed E-state index contributed by atoms with van der Waals surface area (Å²) in [5, 5.41) is 24.7. The maximum absolute atomic E-state index is 12.9. The van der Waals surface area contributed by atoms with Crippen molar-refractivity contribution in [1.82, 2.24) is 19.6 Å². The number of aliphatic carboxylic acids is 1. The second kappa shape index (κ2) is 10.5. The summed E-state index contributed by atoms with van der Waals surface area (Å²) >= 11 is 2.22. The molecule has 2 aliphatic heterocycles. The normalized spacial score (nSPS) is 20.9. The number of hydrogen-bond acceptors (Lipinski definition) is 11. The van der Waals surface area contributed by atoms with Crippen molar-refractivity contribution in [1.29, 1.82) is 0 Å². The number of thioether (sulfide) groups is 1. The molecule has 2 amide bonds. The molecule has 3 heterocycles. The van der Waals surface area contributed by atoms with Crippen molar-refractivity contribution >= 4 is 51.9 Å². The van der Waals surface area contributed by atoms with E-state index in [2.05, 4.69) is 19.8 Å². The summed E-state index contributed by atoms with van der Waals surface area (Å²) < 4.78 is 4.46. The van der Waals surface area contributed by atoms with E-state index < -0.39 is 29.2 Å². The number of anilines is 1. The zero-order valence-electron chi connectivity index (χ0n) is 18.8. The number of nitrogens with zero attached hydrogens (tertiary/aromatic N) is 5. The van der Waals surface area contributed by atoms with E-state index in [1.165, 1.54) is 23.8 Å². The summed E-state index contributed by atoms with van der Waals surface area (Å²) in [5.41, 5.74) is 5.71. The monoisotopic (exact) mass is 512 g/mol. The molecule has 0 aromatic carbocycles. The Hall–Kier alpha value is -3.01. The third-order valence-electron chi connectivity index (χ3n) is 5.16. The van der Waals surface area contributed by atoms with Crippen LogP contribution in [0.2, 0.25) is 0 Å². The van der Waals surface area contributed by atoms with Crippen molar-refractivity contribution in [3.05, 3.63) is 29.2 Å². The highest BCUT2D eigenvalue weighted by atomic mass is 32.2. The number of aliphatic hydroxyl groups excluding tert-OH is 1. The highest BCUT2D eigenvalue weighted by Crippen LogP contribution is 2.40. The number of nitrogens with one attached hydrogen (secondary N) is 1. The average Bonchev–Trinajstić information content (AvgIpc) is 3.20. The molecule has 34 heavy (non-hydrogen) atoms. The summed E-state index contributed by atoms with van der Waals surface area (Å²) in [6, 6.07) is -0.949. The van der Waals surface area contributed by atoms with Crippen LogP contribution < -0.4 is 11.1 Å². The zero-order chi connectivity index (χ0) is 25.0. The van der Waals surface area contributed by atoms with E-state index in [9.17, 15) is 19.5 Å². The lowest BCUT2D eigenvalue weighted by atomic mass is 10.0. The predicted octanol–water partition coefficient (Wildman–Crippen LogP) is -1.17. The molecule has 0 unspecified atom stereocenters. The molecular formula is C19H26N7O6S2+. The molecule has 184 valence electrons. The molecule has 0 bridgehead atoms. The average molecular weight is 513 g/mol. The number of nitrogen functional groups attached to an aromatic ring is 1. The van der Waals surface area contributed by atoms with Gasteiger partial charge in [-0.15, -0.1) is 11.8 Å². The number of oxime groups is 1. The number of hydrogen-bond donors (Lipinski definition) is 4. The van der Waals surface area contributed by atoms with Crippen LogP contribution >= 0.6 is 23.3 Å². The van der Waals surface area contributed by atoms with Gasteiger partial charge in [-0.3, -0.25) is 14.5 Å². The first kappa shape index (κ1) is 25.6. The van der Waals surface area contributed by atoms with Gasteiger partial charge in [-0.1, -0.05) is 11.2 Å². The molecular weight excluding hydrogens is 486 g/mol. The van der Waals surface area contributed by atoms with E-state index in [0.717, 1.165) is 11.5 Å². The molecule has 1 aromatic rings. The first-order chi connectivity index (χ1) is 16.1. The predicted molar refractivity (Wildman–Crippen MR) is 126 cm³/mol. The molecule has 0 radical (unpaired) electrons. The number of amides is 2. The van der Waals surface area contributed by atoms with Crippen LogP contribution in [-0.4, -0.2) is 111 Å². The second-order valence-corrected chi connectivity index (χ2v) is 9.97. The summed E-state index contributed by atoms with van der Waals surface area (Å²) in [5.74, 6) is -2.21. The van der Waals surface area contributed by atoms with Gasteiger partial charge in [-0.25, -0.2) is 4.79 Å². The van der Waals surface area contributed by atoms with Crippen molar-refractivity contribution in [2.24, 2.45) is 5.16 Å². The molecule has 3 rings (SSSR count). The molecule has 0 saturated carbocycles. The largest absolute Gasteiger partial charge is 0.477 e. The molecule has 5 N–H and O–H groups in total. The quantitative estimate of drug-likeness (QED) is 0.129. The maximum atomic E-state index is 12.9. The highest BCUT2D eigenvalue weighted by molar-refractivity contribution is 8.00. The Morgan fingerprint density at radius 1 is 1.44 bits per heavy atom. The number of nitrogens with two attached hydrogens (primary N) is 1. The molecule has 13 nitrogen and oxygen atoms in total. The number of aromatic nitrogens is 2. The topological polar surface area (TPSA) is 180 Å². The fourth-order valence-corrected chi connectivity index (χ4v) is 5.18. The number of carbonyl (C=O) groups excluding carboxylic acids is 2. The summed E-state index contributed by atoms with van der Waals surface area (Å²) in [7, 11) is 5.14. The summed E-state index contributed by atoms with van der Waals surface area (Å²) in [6.07, 6.45) is 3.53. The van der Waals surface area contributed by atoms with Gasteiger partial charge in [-0.2, -0.15) is 9.36 Å². The Morgan fingerprint density at radius 2 is 2.18 bits per heavy atom. The van der Waals surface area contributed by atoms with E-state index in [-0.39, 0.29) is 29.0 Å². The number of quaternary nitrogens is 1. The van der Waals surface area contributed by atoms with Gasteiger partial charge in [0.1, 0.15) is 30.8 Å². The number of aliphatic hydroxyl groups is 1. The van der Waals surface area contributed by atoms with Gasteiger partial charge >= 0.3 is 5.97 Å². The third kappa shape index (κ3) is 5.38. The van der Waals surface area contributed by atoms with Crippen molar-refractivity contribution in [2.45, 2.75) is 11.4 Å². The number of rotatable bonds is 10. The Kier molecular flexibility index (Phi) is 7.91. The van der Waals surface area contributed by atoms with Crippen LogP contribution in [0.3, 0.4) is 0 Å². The first-order valence-electron chi connectivity index (χ1n) is 10.1. The van der Waals surface area contributed by atoms with Crippen molar-refractivity contribution in [3.8, 4) is 0 Å². The van der Waals surface area contributed by atoms with Crippen LogP contribution in [0.5, 0.6) is 0 Å². The zero-order valence-corrected chi connectivity index (χ0v) is 20.4. The Labute approximate surface area is 203 Å². The van der Waals surface area contributed by atoms with Gasteiger partial charge in [0.2, 0.25) is 11.5 Å². The molecule has 0 aliphatic carbocycles. The number of carbonyl (C=O) groups is 3. The summed E-state index contributed by atoms with van der Waals surface area (Å²) in [4.78, 5) is 47.4. The van der Waals surface area contributed by atoms with E-state index in [0.29, 0.717) is 28.9 Å². The molecule has 1 aromatic heterocycles. The lowest BCUT2D eigenvalue weighted by Crippen LogP contribution is -2.71. The fourth-order valence-electron chi connectivity index (χ4n) is 3.43. The van der Waals surface area contributed by atoms with Gasteiger partial charge in [0, 0.05) is 17.3 Å². The van der Waals surface area contributed by atoms with Gasteiger partial charge in [0.25, 0.3) is 11.8 Å². The van der Waals surface area contributed by atoms with E-state index in [1.54, 1.807) is 6.08 Å². The Bertz CT molecular complexity index is 1070. The van der Waals surface area contributed by atoms with Crippen molar-refractivity contribution < 1.29 is 33.9 Å². The molecule has 0 spiro atoms. The standard InChI is InChI=1S/C19H25N7O6S2/c1-26(2,7-8-27)6-4-5-10-9-33-17-12(16(29)25(17)13(10)18(30)31)21-15(28)11(23-32-3)14-22-19(20)34-24-14/h4-5,12,17,27H,6-9H2,1-3H3,(H3-,20,21,22,24,28,30,31)/p+1/b5-4+,23-11-/t12-,17-/m1/s1. The second-order valence-electron chi connectivity index (χ2n) is 8.09. The Balaban J connectivity index is 1.75. The van der Waals surface area contributed by atoms with Crippen LogP contribution in [-0.2, 0) is 19.2 Å². The van der Waals surface area contributed by atoms with Crippen LogP contribution in [0.25, 0.3) is 0 Å². The number of allylic oxidation sites excluding steroid dienone is 1. The summed E-state index contributed by atoms with van der Waals surface area (Å²) in [6.45, 7) is 1.17. The third-order valence-corrected chi connectivity index (χ3v) is 7.01. The molecule has 1 fully saturated rings. The molecule has 2 aliphatic rings. The van der Waals surface area contributed by atoms with Crippen molar-refractivity contribution in [2.75, 3.05) is 52.4 Å². The number of β-lactam (4-membered cyclic amide) rings is 1. The molecule has 1 saturated heterocycles. The van der Waals surface area contributed by atoms with Crippen LogP contribution in [0, 0.1) is 0 Å². The van der Waals surface area contributed by atoms with E-state index in [4.69, 9.17) is 15.7 Å².